The van der Waals surface area contributed by atoms with E-state index in [0.717, 1.165) is 32.1 Å². The Morgan fingerprint density at radius 1 is 1.00 bits per heavy atom. The molecule has 162 valence electrons. The molecule has 2 N–H and O–H groups in total. The first-order valence-corrected chi connectivity index (χ1v) is 11.4. The van der Waals surface area contributed by atoms with Gasteiger partial charge in [0.05, 0.1) is 0 Å². The van der Waals surface area contributed by atoms with Gasteiger partial charge in [0.25, 0.3) is 0 Å². The molecular weight excluding hydrogens is 384 g/mol. The van der Waals surface area contributed by atoms with Crippen molar-refractivity contribution in [2.24, 2.45) is 17.6 Å². The summed E-state index contributed by atoms with van der Waals surface area (Å²) in [6.45, 7) is 0.689. The molecule has 1 aliphatic carbocycles. The van der Waals surface area contributed by atoms with Crippen LogP contribution in [0.4, 0.5) is 0 Å². The fourth-order valence-corrected chi connectivity index (χ4v) is 5.41. The van der Waals surface area contributed by atoms with Gasteiger partial charge in [-0.15, -0.1) is 0 Å². The molecule has 1 heterocycles. The minimum Gasteiger partial charge on any atom is -0.370 e. The number of allylic oxidation sites excluding steroid dienone is 1. The number of benzene rings is 2. The van der Waals surface area contributed by atoms with Crippen molar-refractivity contribution in [2.45, 2.75) is 57.5 Å². The number of primary amides is 1. The number of likely N-dealkylation sites (tertiary alicyclic amines) is 1. The van der Waals surface area contributed by atoms with Crippen molar-refractivity contribution >= 4 is 17.9 Å². The van der Waals surface area contributed by atoms with E-state index in [4.69, 9.17) is 5.73 Å². The van der Waals surface area contributed by atoms with Crippen molar-refractivity contribution in [1.82, 2.24) is 4.90 Å². The first-order chi connectivity index (χ1) is 15.1. The predicted molar refractivity (Wildman–Crippen MR) is 124 cm³/mol. The lowest BCUT2D eigenvalue weighted by Gasteiger charge is -2.34. The van der Waals surface area contributed by atoms with Crippen LogP contribution >= 0.6 is 0 Å². The van der Waals surface area contributed by atoms with E-state index in [1.807, 2.05) is 24.3 Å². The highest BCUT2D eigenvalue weighted by Gasteiger charge is 2.35. The minimum atomic E-state index is -0.216. The van der Waals surface area contributed by atoms with Gasteiger partial charge in [-0.2, -0.15) is 0 Å². The zero-order chi connectivity index (χ0) is 21.6. The fourth-order valence-electron chi connectivity index (χ4n) is 5.41. The number of rotatable bonds is 7. The summed E-state index contributed by atoms with van der Waals surface area (Å²) in [4.78, 5) is 26.3. The van der Waals surface area contributed by atoms with E-state index in [2.05, 4.69) is 47.4 Å². The molecule has 0 spiro atoms. The highest BCUT2D eigenvalue weighted by molar-refractivity contribution is 5.78. The largest absolute Gasteiger partial charge is 0.370 e. The van der Waals surface area contributed by atoms with Crippen molar-refractivity contribution in [1.29, 1.82) is 0 Å². The van der Waals surface area contributed by atoms with Crippen LogP contribution in [0.15, 0.2) is 66.2 Å². The Morgan fingerprint density at radius 3 is 2.39 bits per heavy atom. The van der Waals surface area contributed by atoms with Crippen LogP contribution in [0.2, 0.25) is 0 Å². The molecule has 2 aliphatic rings. The molecule has 3 atom stereocenters. The summed E-state index contributed by atoms with van der Waals surface area (Å²) in [5, 5.41) is 0. The Labute approximate surface area is 185 Å². The molecule has 1 saturated heterocycles. The summed E-state index contributed by atoms with van der Waals surface area (Å²) < 4.78 is 0. The molecular formula is C27H32N2O2. The van der Waals surface area contributed by atoms with E-state index in [1.54, 1.807) is 0 Å². The topological polar surface area (TPSA) is 63.4 Å². The summed E-state index contributed by atoms with van der Waals surface area (Å²) in [6.07, 6.45) is 8.28. The van der Waals surface area contributed by atoms with Crippen molar-refractivity contribution in [3.05, 3.63) is 77.4 Å². The van der Waals surface area contributed by atoms with E-state index < -0.39 is 0 Å². The van der Waals surface area contributed by atoms with Gasteiger partial charge in [0.15, 0.2) is 0 Å². The molecule has 2 fully saturated rings. The van der Waals surface area contributed by atoms with Gasteiger partial charge in [-0.25, -0.2) is 0 Å². The molecule has 4 heteroatoms. The SMILES string of the molecule is NC(=O)CC1CC(=Cc2ccccc2)CC(CC2CCC(=O)N2Cc2ccccc2)C1. The molecule has 1 aliphatic heterocycles. The second-order valence-electron chi connectivity index (χ2n) is 9.20. The van der Waals surface area contributed by atoms with Crippen LogP contribution in [-0.4, -0.2) is 22.8 Å². The zero-order valence-electron chi connectivity index (χ0n) is 18.1. The van der Waals surface area contributed by atoms with Gasteiger partial charge in [0.1, 0.15) is 0 Å². The van der Waals surface area contributed by atoms with Gasteiger partial charge in [0, 0.05) is 25.4 Å². The maximum Gasteiger partial charge on any atom is 0.223 e. The molecule has 3 unspecified atom stereocenters. The Balaban J connectivity index is 1.47. The molecule has 4 nitrogen and oxygen atoms in total. The van der Waals surface area contributed by atoms with E-state index in [9.17, 15) is 9.59 Å². The number of hydrogen-bond donors (Lipinski definition) is 1. The van der Waals surface area contributed by atoms with Crippen LogP contribution in [0.25, 0.3) is 6.08 Å². The van der Waals surface area contributed by atoms with Crippen molar-refractivity contribution in [3.63, 3.8) is 0 Å². The van der Waals surface area contributed by atoms with Crippen LogP contribution in [0.5, 0.6) is 0 Å². The molecule has 31 heavy (non-hydrogen) atoms. The quantitative estimate of drug-likeness (QED) is 0.695. The molecule has 2 aromatic rings. The predicted octanol–water partition coefficient (Wildman–Crippen LogP) is 4.94. The van der Waals surface area contributed by atoms with Crippen LogP contribution < -0.4 is 5.73 Å². The van der Waals surface area contributed by atoms with Gasteiger partial charge >= 0.3 is 0 Å². The highest BCUT2D eigenvalue weighted by atomic mass is 16.2. The normalized spacial score (nSPS) is 25.2. The molecule has 0 bridgehead atoms. The summed E-state index contributed by atoms with van der Waals surface area (Å²) in [5.41, 5.74) is 9.33. The minimum absolute atomic E-state index is 0.216. The van der Waals surface area contributed by atoms with E-state index >= 15 is 0 Å². The number of amides is 2. The zero-order valence-corrected chi connectivity index (χ0v) is 18.1. The van der Waals surface area contributed by atoms with Crippen LogP contribution in [0.3, 0.4) is 0 Å². The summed E-state index contributed by atoms with van der Waals surface area (Å²) in [5.74, 6) is 0.818. The molecule has 0 aromatic heterocycles. The Kier molecular flexibility index (Phi) is 6.86. The summed E-state index contributed by atoms with van der Waals surface area (Å²) in [6, 6.07) is 20.9. The van der Waals surface area contributed by atoms with Crippen LogP contribution in [-0.2, 0) is 16.1 Å². The highest BCUT2D eigenvalue weighted by Crippen LogP contribution is 2.40. The van der Waals surface area contributed by atoms with E-state index in [-0.39, 0.29) is 17.9 Å². The molecule has 1 saturated carbocycles. The number of nitrogens with zero attached hydrogens (tertiary/aromatic N) is 1. The fraction of sp³-hybridized carbons (Fsp3) is 0.407. The summed E-state index contributed by atoms with van der Waals surface area (Å²) >= 11 is 0. The average molecular weight is 417 g/mol. The lowest BCUT2D eigenvalue weighted by Crippen LogP contribution is -2.35. The standard InChI is InChI=1S/C27H32N2O2/c28-26(30)18-24-15-22(13-20-7-3-1-4-8-20)14-23(16-24)17-25-11-12-27(31)29(25)19-21-9-5-2-6-10-21/h1-10,13,23-25H,11-12,14-19H2,(H2,28,30). The summed E-state index contributed by atoms with van der Waals surface area (Å²) in [7, 11) is 0. The number of carbonyl (C=O) groups excluding carboxylic acids is 2. The van der Waals surface area contributed by atoms with Crippen LogP contribution in [0.1, 0.15) is 56.1 Å². The maximum absolute atomic E-state index is 12.6. The third kappa shape index (κ3) is 5.84. The Morgan fingerprint density at radius 2 is 1.68 bits per heavy atom. The number of hydrogen-bond acceptors (Lipinski definition) is 2. The third-order valence-corrected chi connectivity index (χ3v) is 6.68. The molecule has 2 amide bonds. The van der Waals surface area contributed by atoms with E-state index in [0.29, 0.717) is 31.2 Å². The van der Waals surface area contributed by atoms with Gasteiger partial charge in [-0.05, 0) is 55.1 Å². The van der Waals surface area contributed by atoms with Crippen molar-refractivity contribution in [2.75, 3.05) is 0 Å². The maximum atomic E-state index is 12.6. The molecule has 2 aromatic carbocycles. The van der Waals surface area contributed by atoms with Gasteiger partial charge in [-0.3, -0.25) is 9.59 Å². The third-order valence-electron chi connectivity index (χ3n) is 6.68. The van der Waals surface area contributed by atoms with E-state index in [1.165, 1.54) is 16.7 Å². The number of carbonyl (C=O) groups is 2. The smallest absolute Gasteiger partial charge is 0.223 e. The first kappa shape index (κ1) is 21.4. The van der Waals surface area contributed by atoms with Gasteiger partial charge in [0.2, 0.25) is 11.8 Å². The van der Waals surface area contributed by atoms with Gasteiger partial charge < -0.3 is 10.6 Å². The van der Waals surface area contributed by atoms with Crippen LogP contribution in [0, 0.1) is 11.8 Å². The molecule has 4 rings (SSSR count). The van der Waals surface area contributed by atoms with Gasteiger partial charge in [-0.1, -0.05) is 72.3 Å². The monoisotopic (exact) mass is 416 g/mol. The second kappa shape index (κ2) is 9.95. The first-order valence-electron chi connectivity index (χ1n) is 11.4. The second-order valence-corrected chi connectivity index (χ2v) is 9.20. The number of nitrogens with two attached hydrogens (primary N) is 1. The Bertz CT molecular complexity index is 923. The lowest BCUT2D eigenvalue weighted by molar-refractivity contribution is -0.129. The van der Waals surface area contributed by atoms with Crippen molar-refractivity contribution in [3.8, 4) is 0 Å². The average Bonchev–Trinajstić information content (AvgIpc) is 3.08. The van der Waals surface area contributed by atoms with Crippen molar-refractivity contribution < 1.29 is 9.59 Å². The lowest BCUT2D eigenvalue weighted by atomic mass is 9.74. The molecule has 0 radical (unpaired) electrons. The Hall–Kier alpha value is -2.88.